The highest BCUT2D eigenvalue weighted by Gasteiger charge is 2.21. The lowest BCUT2D eigenvalue weighted by molar-refractivity contribution is 0.632. The second-order valence-electron chi connectivity index (χ2n) is 7.16. The molecule has 0 unspecified atom stereocenters. The van der Waals surface area contributed by atoms with Gasteiger partial charge in [0.25, 0.3) is 5.95 Å². The van der Waals surface area contributed by atoms with Crippen LogP contribution in [0.4, 0.5) is 10.2 Å². The van der Waals surface area contributed by atoms with Crippen LogP contribution < -0.4 is 4.90 Å². The Kier molecular flexibility index (Phi) is 4.04. The van der Waals surface area contributed by atoms with Crippen LogP contribution in [0.25, 0.3) is 28.0 Å². The number of rotatable bonds is 3. The molecule has 0 radical (unpaired) electrons. The molecule has 28 heavy (non-hydrogen) atoms. The standard InChI is InChI=1S/C22H20FN5/c1-15-7-2-3-8-16(15)17-13-18-20(14-19(17)23)25-22(28-12-6-9-24-28)26-21(18)27-10-4-5-11-27/h2-3,6-9,12-14H,4-5,10-11H2,1H3. The van der Waals surface area contributed by atoms with E-state index < -0.39 is 0 Å². The zero-order valence-electron chi connectivity index (χ0n) is 15.6. The van der Waals surface area contributed by atoms with Crippen LogP contribution in [0.15, 0.2) is 54.9 Å². The van der Waals surface area contributed by atoms with Gasteiger partial charge in [-0.3, -0.25) is 0 Å². The number of fused-ring (bicyclic) bond motifs is 1. The van der Waals surface area contributed by atoms with Crippen molar-refractivity contribution in [2.45, 2.75) is 19.8 Å². The van der Waals surface area contributed by atoms with Crippen LogP contribution in [0.5, 0.6) is 0 Å². The normalized spacial score (nSPS) is 14.1. The van der Waals surface area contributed by atoms with E-state index in [0.29, 0.717) is 17.0 Å². The van der Waals surface area contributed by atoms with Crippen molar-refractivity contribution in [1.82, 2.24) is 19.7 Å². The molecule has 1 fully saturated rings. The summed E-state index contributed by atoms with van der Waals surface area (Å²) in [5.74, 6) is 1.03. The van der Waals surface area contributed by atoms with Gasteiger partial charge in [0, 0.05) is 42.5 Å². The summed E-state index contributed by atoms with van der Waals surface area (Å²) in [6, 6.07) is 13.1. The van der Waals surface area contributed by atoms with E-state index in [1.165, 1.54) is 6.07 Å². The number of hydrogen-bond donors (Lipinski definition) is 0. The average Bonchev–Trinajstić information content (AvgIpc) is 3.41. The molecule has 3 heterocycles. The minimum atomic E-state index is -0.278. The summed E-state index contributed by atoms with van der Waals surface area (Å²) in [5, 5.41) is 5.11. The monoisotopic (exact) mass is 373 g/mol. The Bertz CT molecular complexity index is 1150. The van der Waals surface area contributed by atoms with Crippen molar-refractivity contribution in [2.24, 2.45) is 0 Å². The maximum Gasteiger partial charge on any atom is 0.253 e. The zero-order chi connectivity index (χ0) is 19.1. The minimum Gasteiger partial charge on any atom is -0.356 e. The van der Waals surface area contributed by atoms with Crippen LogP contribution in [0.1, 0.15) is 18.4 Å². The zero-order valence-corrected chi connectivity index (χ0v) is 15.6. The summed E-state index contributed by atoms with van der Waals surface area (Å²) in [6.07, 6.45) is 5.75. The van der Waals surface area contributed by atoms with E-state index in [1.807, 2.05) is 43.3 Å². The summed E-state index contributed by atoms with van der Waals surface area (Å²) in [6.45, 7) is 3.89. The van der Waals surface area contributed by atoms with Gasteiger partial charge in [-0.1, -0.05) is 24.3 Å². The van der Waals surface area contributed by atoms with Gasteiger partial charge in [-0.05, 0) is 43.0 Å². The fraction of sp³-hybridized carbons (Fsp3) is 0.227. The van der Waals surface area contributed by atoms with E-state index in [4.69, 9.17) is 4.98 Å². The number of nitrogens with zero attached hydrogens (tertiary/aromatic N) is 5. The summed E-state index contributed by atoms with van der Waals surface area (Å²) in [5.41, 5.74) is 3.11. The average molecular weight is 373 g/mol. The molecule has 0 saturated carbocycles. The largest absolute Gasteiger partial charge is 0.356 e. The van der Waals surface area contributed by atoms with Crippen molar-refractivity contribution >= 4 is 16.7 Å². The number of halogens is 1. The Labute approximate surface area is 162 Å². The van der Waals surface area contributed by atoms with Gasteiger partial charge in [-0.25, -0.2) is 14.1 Å². The molecule has 1 saturated heterocycles. The first-order chi connectivity index (χ1) is 13.7. The molecule has 4 aromatic rings. The lowest BCUT2D eigenvalue weighted by Crippen LogP contribution is -2.20. The van der Waals surface area contributed by atoms with Crippen LogP contribution >= 0.6 is 0 Å². The van der Waals surface area contributed by atoms with E-state index in [1.54, 1.807) is 17.1 Å². The van der Waals surface area contributed by atoms with Crippen LogP contribution in [0.2, 0.25) is 0 Å². The fourth-order valence-electron chi connectivity index (χ4n) is 3.86. The van der Waals surface area contributed by atoms with E-state index in [-0.39, 0.29) is 5.82 Å². The summed E-state index contributed by atoms with van der Waals surface area (Å²) in [4.78, 5) is 11.7. The Balaban J connectivity index is 1.77. The smallest absolute Gasteiger partial charge is 0.253 e. The number of anilines is 1. The van der Waals surface area contributed by atoms with E-state index in [2.05, 4.69) is 15.0 Å². The molecule has 140 valence electrons. The lowest BCUT2D eigenvalue weighted by atomic mass is 9.98. The molecule has 0 bridgehead atoms. The maximum absolute atomic E-state index is 15.1. The minimum absolute atomic E-state index is 0.278. The van der Waals surface area contributed by atoms with E-state index >= 15 is 4.39 Å². The molecule has 0 aliphatic carbocycles. The van der Waals surface area contributed by atoms with Gasteiger partial charge in [0.05, 0.1) is 5.52 Å². The number of aromatic nitrogens is 4. The third-order valence-corrected chi connectivity index (χ3v) is 5.30. The summed E-state index contributed by atoms with van der Waals surface area (Å²) in [7, 11) is 0. The lowest BCUT2D eigenvalue weighted by Gasteiger charge is -2.20. The molecule has 5 nitrogen and oxygen atoms in total. The molecule has 0 N–H and O–H groups in total. The van der Waals surface area contributed by atoms with E-state index in [0.717, 1.165) is 48.3 Å². The predicted molar refractivity (Wildman–Crippen MR) is 108 cm³/mol. The second-order valence-corrected chi connectivity index (χ2v) is 7.16. The Hall–Kier alpha value is -3.28. The van der Waals surface area contributed by atoms with Crippen molar-refractivity contribution < 1.29 is 4.39 Å². The van der Waals surface area contributed by atoms with Crippen molar-refractivity contribution in [3.8, 4) is 17.1 Å². The Morgan fingerprint density at radius 3 is 2.54 bits per heavy atom. The van der Waals surface area contributed by atoms with Gasteiger partial charge in [-0.2, -0.15) is 10.1 Å². The number of benzene rings is 2. The molecule has 0 atom stereocenters. The molecule has 1 aliphatic rings. The highest BCUT2D eigenvalue weighted by molar-refractivity contribution is 5.94. The SMILES string of the molecule is Cc1ccccc1-c1cc2c(N3CCCC3)nc(-n3cccn3)nc2cc1F. The first kappa shape index (κ1) is 16.9. The first-order valence-electron chi connectivity index (χ1n) is 9.53. The molecule has 6 heteroatoms. The number of hydrogen-bond acceptors (Lipinski definition) is 4. The highest BCUT2D eigenvalue weighted by atomic mass is 19.1. The molecule has 0 amide bonds. The van der Waals surface area contributed by atoms with Crippen LogP contribution in [-0.4, -0.2) is 32.8 Å². The molecule has 1 aliphatic heterocycles. The summed E-state index contributed by atoms with van der Waals surface area (Å²) < 4.78 is 16.7. The number of aryl methyl sites for hydroxylation is 1. The molecule has 5 rings (SSSR count). The van der Waals surface area contributed by atoms with Crippen molar-refractivity contribution in [3.63, 3.8) is 0 Å². The predicted octanol–water partition coefficient (Wildman–Crippen LogP) is 4.53. The van der Waals surface area contributed by atoms with Gasteiger partial charge in [0.2, 0.25) is 0 Å². The van der Waals surface area contributed by atoms with Crippen LogP contribution in [0, 0.1) is 12.7 Å². The third kappa shape index (κ3) is 2.81. The van der Waals surface area contributed by atoms with Crippen LogP contribution in [0.3, 0.4) is 0 Å². The van der Waals surface area contributed by atoms with Gasteiger partial charge >= 0.3 is 0 Å². The fourth-order valence-corrected chi connectivity index (χ4v) is 3.86. The van der Waals surface area contributed by atoms with Crippen molar-refractivity contribution in [2.75, 3.05) is 18.0 Å². The molecule has 0 spiro atoms. The topological polar surface area (TPSA) is 46.8 Å². The quantitative estimate of drug-likeness (QED) is 0.529. The van der Waals surface area contributed by atoms with Gasteiger partial charge < -0.3 is 4.90 Å². The highest BCUT2D eigenvalue weighted by Crippen LogP contribution is 2.34. The molecular weight excluding hydrogens is 353 g/mol. The van der Waals surface area contributed by atoms with Gasteiger partial charge in [0.15, 0.2) is 0 Å². The Morgan fingerprint density at radius 1 is 0.964 bits per heavy atom. The first-order valence-corrected chi connectivity index (χ1v) is 9.53. The van der Waals surface area contributed by atoms with Crippen molar-refractivity contribution in [1.29, 1.82) is 0 Å². The summed E-state index contributed by atoms with van der Waals surface area (Å²) >= 11 is 0. The second kappa shape index (κ2) is 6.71. The third-order valence-electron chi connectivity index (χ3n) is 5.30. The van der Waals surface area contributed by atoms with Gasteiger partial charge in [-0.15, -0.1) is 0 Å². The molecular formula is C22H20FN5. The van der Waals surface area contributed by atoms with E-state index in [9.17, 15) is 0 Å². The Morgan fingerprint density at radius 2 is 1.79 bits per heavy atom. The maximum atomic E-state index is 15.1. The van der Waals surface area contributed by atoms with Crippen molar-refractivity contribution in [3.05, 3.63) is 66.2 Å². The molecule has 2 aromatic carbocycles. The molecule has 2 aromatic heterocycles. The van der Waals surface area contributed by atoms with Gasteiger partial charge in [0.1, 0.15) is 11.6 Å². The van der Waals surface area contributed by atoms with Crippen LogP contribution in [-0.2, 0) is 0 Å².